The smallest absolute Gasteiger partial charge is 0.406 e. The maximum Gasteiger partial charge on any atom is 0.573 e. The van der Waals surface area contributed by atoms with Crippen molar-refractivity contribution in [2.24, 2.45) is 0 Å². The van der Waals surface area contributed by atoms with Gasteiger partial charge in [0, 0.05) is 11.8 Å². The number of aliphatic hydroxyl groups is 1. The van der Waals surface area contributed by atoms with E-state index in [1.165, 1.54) is 24.5 Å². The Morgan fingerprint density at radius 3 is 2.32 bits per heavy atom. The summed E-state index contributed by atoms with van der Waals surface area (Å²) in [5, 5.41) is 14.6. The molecule has 0 saturated carbocycles. The highest BCUT2D eigenvalue weighted by Crippen LogP contribution is 2.26. The molecule has 180 valence electrons. The van der Waals surface area contributed by atoms with Gasteiger partial charge in [0.1, 0.15) is 17.4 Å². The number of carbonyl (C=O) groups is 1. The number of benzene rings is 1. The van der Waals surface area contributed by atoms with Gasteiger partial charge < -0.3 is 15.2 Å². The third-order valence-electron chi connectivity index (χ3n) is 4.31. The van der Waals surface area contributed by atoms with Gasteiger partial charge in [-0.1, -0.05) is 0 Å². The molecule has 1 aromatic carbocycles. The minimum atomic E-state index is -4.99. The second kappa shape index (κ2) is 9.51. The predicted octanol–water partition coefficient (Wildman–Crippen LogP) is 2.85. The normalized spacial score (nSPS) is 12.8. The monoisotopic (exact) mass is 488 g/mol. The highest BCUT2D eigenvalue weighted by atomic mass is 19.4. The average molecular weight is 488 g/mol. The summed E-state index contributed by atoms with van der Waals surface area (Å²) in [6.45, 7) is -1.47. The molecule has 2 N–H and O–H groups in total. The highest BCUT2D eigenvalue weighted by molar-refractivity contribution is 5.95. The fraction of sp³-hybridized carbons (Fsp3) is 0.200. The zero-order chi connectivity index (χ0) is 25.1. The van der Waals surface area contributed by atoms with Crippen LogP contribution < -0.4 is 15.6 Å². The molecular weight excluding hydrogens is 474 g/mol. The van der Waals surface area contributed by atoms with E-state index >= 15 is 0 Å². The first-order chi connectivity index (χ1) is 15.9. The molecular formula is C20H14F6N4O4. The number of nitrogens with zero attached hydrogens (tertiary/aromatic N) is 3. The van der Waals surface area contributed by atoms with Gasteiger partial charge >= 0.3 is 12.5 Å². The second-order valence-electron chi connectivity index (χ2n) is 6.69. The maximum absolute atomic E-state index is 13.0. The number of ether oxygens (including phenoxy) is 1. The van der Waals surface area contributed by atoms with Gasteiger partial charge in [0.05, 0.1) is 24.2 Å². The van der Waals surface area contributed by atoms with Gasteiger partial charge in [-0.2, -0.15) is 23.0 Å². The van der Waals surface area contributed by atoms with Crippen LogP contribution >= 0.6 is 0 Å². The van der Waals surface area contributed by atoms with E-state index in [-0.39, 0.29) is 16.9 Å². The van der Waals surface area contributed by atoms with Crippen molar-refractivity contribution in [3.05, 3.63) is 70.8 Å². The van der Waals surface area contributed by atoms with Crippen molar-refractivity contribution < 1.29 is 41.0 Å². The summed E-state index contributed by atoms with van der Waals surface area (Å²) < 4.78 is 80.6. The van der Waals surface area contributed by atoms with Crippen LogP contribution in [0.2, 0.25) is 0 Å². The number of aromatic nitrogens is 3. The van der Waals surface area contributed by atoms with Crippen LogP contribution in [0, 0.1) is 0 Å². The first kappa shape index (κ1) is 24.7. The maximum atomic E-state index is 13.0. The van der Waals surface area contributed by atoms with Crippen molar-refractivity contribution in [3.8, 4) is 22.7 Å². The largest absolute Gasteiger partial charge is 0.573 e. The van der Waals surface area contributed by atoms with Crippen molar-refractivity contribution in [2.45, 2.75) is 18.6 Å². The number of aliphatic hydroxyl groups excluding tert-OH is 1. The van der Waals surface area contributed by atoms with Gasteiger partial charge in [0.15, 0.2) is 0 Å². The summed E-state index contributed by atoms with van der Waals surface area (Å²) in [7, 11) is 0. The Kier molecular flexibility index (Phi) is 6.91. The van der Waals surface area contributed by atoms with Crippen molar-refractivity contribution in [1.29, 1.82) is 0 Å². The molecule has 0 saturated heterocycles. The molecule has 0 bridgehead atoms. The fourth-order valence-electron chi connectivity index (χ4n) is 2.75. The molecule has 0 spiro atoms. The van der Waals surface area contributed by atoms with Crippen molar-refractivity contribution >= 4 is 5.91 Å². The number of halogens is 6. The topological polar surface area (TPSA) is 106 Å². The van der Waals surface area contributed by atoms with E-state index in [2.05, 4.69) is 14.8 Å². The SMILES string of the molecule is O=C(N[C@H](CO)C(F)(F)F)c1cc(-c2ccc(OC(F)(F)F)cc2)nn(-c2cccnc2)c1=O. The van der Waals surface area contributed by atoms with Crippen molar-refractivity contribution in [1.82, 2.24) is 20.1 Å². The van der Waals surface area contributed by atoms with Crippen LogP contribution in [0.15, 0.2) is 59.7 Å². The summed E-state index contributed by atoms with van der Waals surface area (Å²) in [5.74, 6) is -1.99. The third-order valence-corrected chi connectivity index (χ3v) is 4.31. The van der Waals surface area contributed by atoms with Crippen molar-refractivity contribution in [2.75, 3.05) is 6.61 Å². The number of pyridine rings is 1. The molecule has 0 radical (unpaired) electrons. The van der Waals surface area contributed by atoms with Gasteiger partial charge in [-0.25, -0.2) is 0 Å². The second-order valence-corrected chi connectivity index (χ2v) is 6.69. The quantitative estimate of drug-likeness (QED) is 0.517. The van der Waals surface area contributed by atoms with Crippen LogP contribution in [0.4, 0.5) is 26.3 Å². The van der Waals surface area contributed by atoms with Gasteiger partial charge in [0.2, 0.25) is 0 Å². The van der Waals surface area contributed by atoms with E-state index in [0.29, 0.717) is 4.68 Å². The molecule has 0 aliphatic heterocycles. The van der Waals surface area contributed by atoms with E-state index in [1.54, 1.807) is 5.32 Å². The molecule has 3 aromatic rings. The van der Waals surface area contributed by atoms with Crippen LogP contribution in [0.1, 0.15) is 10.4 Å². The molecule has 0 fully saturated rings. The Morgan fingerprint density at radius 2 is 1.79 bits per heavy atom. The zero-order valence-electron chi connectivity index (χ0n) is 16.8. The number of amides is 1. The predicted molar refractivity (Wildman–Crippen MR) is 104 cm³/mol. The number of carbonyl (C=O) groups excluding carboxylic acids is 1. The van der Waals surface area contributed by atoms with Crippen LogP contribution in [0.5, 0.6) is 5.75 Å². The van der Waals surface area contributed by atoms with E-state index in [0.717, 1.165) is 30.3 Å². The minimum absolute atomic E-state index is 0.0648. The lowest BCUT2D eigenvalue weighted by atomic mass is 10.1. The van der Waals surface area contributed by atoms with Crippen LogP contribution in [0.25, 0.3) is 16.9 Å². The molecule has 14 heteroatoms. The average Bonchev–Trinajstić information content (AvgIpc) is 2.76. The summed E-state index contributed by atoms with van der Waals surface area (Å²) >= 11 is 0. The van der Waals surface area contributed by atoms with Gasteiger partial charge in [-0.3, -0.25) is 14.6 Å². The molecule has 8 nitrogen and oxygen atoms in total. The molecule has 0 aliphatic carbocycles. The van der Waals surface area contributed by atoms with E-state index in [9.17, 15) is 35.9 Å². The summed E-state index contributed by atoms with van der Waals surface area (Å²) in [6, 6.07) is 5.27. The Morgan fingerprint density at radius 1 is 1.12 bits per heavy atom. The molecule has 34 heavy (non-hydrogen) atoms. The lowest BCUT2D eigenvalue weighted by molar-refractivity contribution is -0.274. The standard InChI is InChI=1S/C20H14F6N4O4/c21-19(22,23)16(10-31)28-17(32)14-8-15(11-3-5-13(6-4-11)34-20(24,25)26)29-30(18(14)33)12-2-1-7-27-9-12/h1-9,16,31H,10H2,(H,28,32)/t16-/m1/s1. The van der Waals surface area contributed by atoms with E-state index in [1.807, 2.05) is 0 Å². The van der Waals surface area contributed by atoms with Crippen LogP contribution in [0.3, 0.4) is 0 Å². The van der Waals surface area contributed by atoms with Gasteiger partial charge in [-0.15, -0.1) is 13.2 Å². The molecule has 3 rings (SSSR count). The fourth-order valence-corrected chi connectivity index (χ4v) is 2.75. The molecule has 0 aliphatic rings. The van der Waals surface area contributed by atoms with Gasteiger partial charge in [0.25, 0.3) is 11.5 Å². The number of hydrogen-bond acceptors (Lipinski definition) is 6. The third kappa shape index (κ3) is 5.89. The summed E-state index contributed by atoms with van der Waals surface area (Å²) in [4.78, 5) is 29.2. The zero-order valence-corrected chi connectivity index (χ0v) is 16.8. The Hall–Kier alpha value is -3.94. The van der Waals surface area contributed by atoms with Gasteiger partial charge in [-0.05, 0) is 42.5 Å². The molecule has 0 unspecified atom stereocenters. The van der Waals surface area contributed by atoms with Crippen LogP contribution in [-0.2, 0) is 0 Å². The minimum Gasteiger partial charge on any atom is -0.406 e. The number of rotatable bonds is 6. The lowest BCUT2D eigenvalue weighted by Gasteiger charge is -2.19. The van der Waals surface area contributed by atoms with Crippen molar-refractivity contribution in [3.63, 3.8) is 0 Å². The first-order valence-electron chi connectivity index (χ1n) is 9.28. The van der Waals surface area contributed by atoms with E-state index < -0.39 is 48.0 Å². The number of hydrogen-bond donors (Lipinski definition) is 2. The lowest BCUT2D eigenvalue weighted by Crippen LogP contribution is -2.49. The molecule has 2 aromatic heterocycles. The highest BCUT2D eigenvalue weighted by Gasteiger charge is 2.40. The molecule has 2 heterocycles. The van der Waals surface area contributed by atoms with Crippen LogP contribution in [-0.4, -0.2) is 51.0 Å². The Balaban J connectivity index is 2.09. The summed E-state index contributed by atoms with van der Waals surface area (Å²) in [6.07, 6.45) is -7.34. The molecule has 1 atom stereocenters. The Bertz CT molecular complexity index is 1210. The molecule has 1 amide bonds. The number of nitrogens with one attached hydrogen (secondary N) is 1. The number of alkyl halides is 6. The first-order valence-corrected chi connectivity index (χ1v) is 9.28. The Labute approximate surface area is 186 Å². The van der Waals surface area contributed by atoms with E-state index in [4.69, 9.17) is 5.11 Å². The summed E-state index contributed by atoms with van der Waals surface area (Å²) in [5.41, 5.74) is -1.79.